The fraction of sp³-hybridized carbons (Fsp3) is 0.833. The summed E-state index contributed by atoms with van der Waals surface area (Å²) in [6, 6.07) is 0. The van der Waals surface area contributed by atoms with Gasteiger partial charge in [-0.05, 0) is 50.5 Å². The molecule has 4 N–H and O–H groups in total. The van der Waals surface area contributed by atoms with Crippen LogP contribution in [0.4, 0.5) is 0 Å². The van der Waals surface area contributed by atoms with Crippen LogP contribution in [0.5, 0.6) is 0 Å². The zero-order chi connectivity index (χ0) is 29.1. The first-order valence-electron chi connectivity index (χ1n) is 14.6. The van der Waals surface area contributed by atoms with E-state index in [0.717, 1.165) is 0 Å². The van der Waals surface area contributed by atoms with Gasteiger partial charge in [-0.15, -0.1) is 0 Å². The van der Waals surface area contributed by atoms with Gasteiger partial charge in [0.05, 0.1) is 23.7 Å². The van der Waals surface area contributed by atoms with Crippen molar-refractivity contribution in [2.75, 3.05) is 0 Å². The number of carbonyl (C=O) groups is 3. The summed E-state index contributed by atoms with van der Waals surface area (Å²) in [7, 11) is 0. The van der Waals surface area contributed by atoms with Crippen LogP contribution in [0.25, 0.3) is 0 Å². The molecule has 10 heteroatoms. The Morgan fingerprint density at radius 3 is 2.35 bits per heavy atom. The number of carbonyl (C=O) groups excluding carboxylic acids is 3. The minimum absolute atomic E-state index is 0.216. The summed E-state index contributed by atoms with van der Waals surface area (Å²) in [5, 5.41) is 47.2. The number of rotatable bonds is 1. The minimum atomic E-state index is -1.93. The van der Waals surface area contributed by atoms with Crippen LogP contribution in [0.1, 0.15) is 54.4 Å². The molecule has 2 heterocycles. The molecule has 40 heavy (non-hydrogen) atoms. The van der Waals surface area contributed by atoms with Crippen LogP contribution in [0, 0.1) is 57.7 Å². The lowest BCUT2D eigenvalue weighted by atomic mass is 9.42. The van der Waals surface area contributed by atoms with Crippen molar-refractivity contribution in [3.8, 4) is 0 Å². The molecule has 2 aliphatic heterocycles. The Morgan fingerprint density at radius 1 is 1.02 bits per heavy atom. The minimum Gasteiger partial charge on any atom is -0.462 e. The van der Waals surface area contributed by atoms with Crippen molar-refractivity contribution in [3.63, 3.8) is 0 Å². The second-order valence-electron chi connectivity index (χ2n) is 14.6. The zero-order valence-corrected chi connectivity index (χ0v) is 23.7. The van der Waals surface area contributed by atoms with E-state index in [1.165, 1.54) is 13.8 Å². The van der Waals surface area contributed by atoms with E-state index in [-0.39, 0.29) is 29.8 Å². The molecule has 2 saturated heterocycles. The summed E-state index contributed by atoms with van der Waals surface area (Å²) >= 11 is 0. The molecule has 17 atom stereocenters. The van der Waals surface area contributed by atoms with Crippen LogP contribution >= 0.6 is 0 Å². The van der Waals surface area contributed by atoms with E-state index >= 15 is 0 Å². The molecule has 10 nitrogen and oxygen atoms in total. The van der Waals surface area contributed by atoms with E-state index in [1.54, 1.807) is 6.92 Å². The predicted molar refractivity (Wildman–Crippen MR) is 136 cm³/mol. The Balaban J connectivity index is 1.42. The fourth-order valence-corrected chi connectivity index (χ4v) is 11.2. The van der Waals surface area contributed by atoms with Crippen molar-refractivity contribution in [1.82, 2.24) is 0 Å². The van der Waals surface area contributed by atoms with E-state index in [0.29, 0.717) is 18.6 Å². The van der Waals surface area contributed by atoms with Gasteiger partial charge in [0.15, 0.2) is 11.4 Å². The number of Topliss-reactive ketones (excluding diaryl/α,β-unsaturated/α-hetero) is 1. The molecular formula is C30H40O10. The third-order valence-electron chi connectivity index (χ3n) is 13.3. The lowest BCUT2D eigenvalue weighted by Gasteiger charge is -2.63. The maximum atomic E-state index is 13.9. The van der Waals surface area contributed by atoms with Crippen molar-refractivity contribution < 1.29 is 49.0 Å². The highest BCUT2D eigenvalue weighted by Gasteiger charge is 2.80. The molecule has 5 aliphatic carbocycles. The van der Waals surface area contributed by atoms with Gasteiger partial charge in [0.25, 0.3) is 0 Å². The van der Waals surface area contributed by atoms with E-state index in [9.17, 15) is 34.8 Å². The average molecular weight is 561 g/mol. The van der Waals surface area contributed by atoms with Crippen molar-refractivity contribution in [2.24, 2.45) is 57.7 Å². The molecule has 7 aliphatic rings. The number of esters is 2. The van der Waals surface area contributed by atoms with Crippen LogP contribution in [0.3, 0.4) is 0 Å². The van der Waals surface area contributed by atoms with Gasteiger partial charge in [0.2, 0.25) is 0 Å². The van der Waals surface area contributed by atoms with Gasteiger partial charge in [0, 0.05) is 41.4 Å². The second kappa shape index (κ2) is 7.75. The molecule has 4 saturated carbocycles. The Morgan fingerprint density at radius 2 is 1.70 bits per heavy atom. The highest BCUT2D eigenvalue weighted by Crippen LogP contribution is 2.75. The third kappa shape index (κ3) is 2.76. The quantitative estimate of drug-likeness (QED) is 0.266. The maximum absolute atomic E-state index is 13.9. The summed E-state index contributed by atoms with van der Waals surface area (Å²) in [5.74, 6) is -5.19. The molecule has 220 valence electrons. The molecule has 0 aromatic rings. The van der Waals surface area contributed by atoms with Crippen LogP contribution in [-0.4, -0.2) is 80.4 Å². The molecule has 7 rings (SSSR count). The summed E-state index contributed by atoms with van der Waals surface area (Å²) in [6.45, 7) is 10.3. The van der Waals surface area contributed by atoms with Crippen molar-refractivity contribution in [2.45, 2.75) is 96.6 Å². The summed E-state index contributed by atoms with van der Waals surface area (Å²) in [4.78, 5) is 39.3. The van der Waals surface area contributed by atoms with E-state index in [4.69, 9.17) is 14.2 Å². The van der Waals surface area contributed by atoms with Crippen LogP contribution in [0.2, 0.25) is 0 Å². The van der Waals surface area contributed by atoms with E-state index in [1.807, 2.05) is 26.8 Å². The van der Waals surface area contributed by atoms with Gasteiger partial charge in [-0.25, -0.2) is 4.79 Å². The van der Waals surface area contributed by atoms with Crippen LogP contribution in [-0.2, 0) is 28.6 Å². The lowest BCUT2D eigenvalue weighted by Crippen LogP contribution is -2.69. The van der Waals surface area contributed by atoms with Gasteiger partial charge in [-0.3, -0.25) is 9.59 Å². The number of aliphatic hydroxyl groups is 4. The number of aliphatic hydroxyl groups excluding tert-OH is 3. The number of hydrogen-bond donors (Lipinski definition) is 4. The van der Waals surface area contributed by atoms with Crippen molar-refractivity contribution in [3.05, 3.63) is 11.8 Å². The average Bonchev–Trinajstić information content (AvgIpc) is 3.57. The third-order valence-corrected chi connectivity index (χ3v) is 13.3. The highest BCUT2D eigenvalue weighted by atomic mass is 16.6. The number of hydrogen-bond acceptors (Lipinski definition) is 10. The molecule has 0 bridgehead atoms. The van der Waals surface area contributed by atoms with Gasteiger partial charge < -0.3 is 34.6 Å². The largest absolute Gasteiger partial charge is 0.462 e. The summed E-state index contributed by atoms with van der Waals surface area (Å²) in [6.07, 6.45) is -2.28. The number of ether oxygens (including phenoxy) is 3. The normalized spacial score (nSPS) is 61.1. The Hall–Kier alpha value is -1.85. The summed E-state index contributed by atoms with van der Waals surface area (Å²) < 4.78 is 17.4. The van der Waals surface area contributed by atoms with Gasteiger partial charge in [-0.2, -0.15) is 0 Å². The molecule has 0 aromatic heterocycles. The Labute approximate surface area is 233 Å². The first-order valence-corrected chi connectivity index (χ1v) is 14.6. The van der Waals surface area contributed by atoms with Gasteiger partial charge in [0.1, 0.15) is 24.1 Å². The molecule has 0 unspecified atom stereocenters. The fourth-order valence-electron chi connectivity index (χ4n) is 11.2. The number of fused-ring (bicyclic) bond motifs is 10. The first kappa shape index (κ1) is 27.0. The van der Waals surface area contributed by atoms with E-state index < -0.39 is 87.8 Å². The zero-order valence-electron chi connectivity index (χ0n) is 23.7. The molecule has 0 aromatic carbocycles. The first-order chi connectivity index (χ1) is 18.5. The number of epoxide rings is 1. The SMILES string of the molecule is CC(=O)O[C@H]1C[C@H]2[C@H]([C@@H]3[C@@H](O)[C@@H]4[C@H]([C@H](C)C=C5OC(=O)[C@@](C)(O)[C@@]54C)[C@]31C)[C@@H](O)C(=O)[C@H]1C[C@@H]3O[C@@H]3[C@H](O)[C@@]12C. The van der Waals surface area contributed by atoms with Crippen LogP contribution < -0.4 is 0 Å². The van der Waals surface area contributed by atoms with Gasteiger partial charge in [-0.1, -0.05) is 20.8 Å². The standard InChI is InChI=1S/C30H40O10/c1-10-7-16-29(5,30(6,37)26(36)40-16)20-18(10)28(4)15(38-11(2)31)9-12-17(19(28)23(20)34)22(33)21(32)13-8-14-24(39-14)25(35)27(12,13)3/h7,10,12-15,17-20,22-25,33-35,37H,8-9H2,1-6H3/t10-,12+,13-,14+,15+,17-,18+,19-,20+,22-,23-,24+,25+,27-,28-,29+,30-/m1/s1. The molecule has 0 spiro atoms. The molecule has 6 fully saturated rings. The predicted octanol–water partition coefficient (Wildman–Crippen LogP) is 0.729. The second-order valence-corrected chi connectivity index (χ2v) is 14.6. The highest BCUT2D eigenvalue weighted by molar-refractivity contribution is 5.88. The Kier molecular flexibility index (Phi) is 5.23. The van der Waals surface area contributed by atoms with Crippen molar-refractivity contribution in [1.29, 1.82) is 0 Å². The molecular weight excluding hydrogens is 520 g/mol. The van der Waals surface area contributed by atoms with Crippen molar-refractivity contribution >= 4 is 17.7 Å². The maximum Gasteiger partial charge on any atom is 0.343 e. The van der Waals surface area contributed by atoms with E-state index in [2.05, 4.69) is 0 Å². The molecule has 0 radical (unpaired) electrons. The number of ketones is 1. The number of allylic oxidation sites excluding steroid dienone is 1. The topological polar surface area (TPSA) is 163 Å². The monoisotopic (exact) mass is 560 g/mol. The van der Waals surface area contributed by atoms with Crippen LogP contribution in [0.15, 0.2) is 11.8 Å². The smallest absolute Gasteiger partial charge is 0.343 e. The summed E-state index contributed by atoms with van der Waals surface area (Å²) in [5.41, 5.74) is -5.10. The Bertz CT molecular complexity index is 1240. The van der Waals surface area contributed by atoms with Gasteiger partial charge >= 0.3 is 11.9 Å². The lowest BCUT2D eigenvalue weighted by molar-refractivity contribution is -0.229. The molecule has 0 amide bonds.